The molecule has 1 aromatic carbocycles. The third-order valence-corrected chi connectivity index (χ3v) is 3.36. The first-order chi connectivity index (χ1) is 8.16. The third-order valence-electron chi connectivity index (χ3n) is 2.83. The van der Waals surface area contributed by atoms with E-state index in [0.717, 1.165) is 16.6 Å². The number of nitrogens with one attached hydrogen (secondary N) is 1. The number of rotatable bonds is 1. The number of fused-ring (bicyclic) bond motifs is 3. The molecule has 3 rings (SSSR count). The highest BCUT2D eigenvalue weighted by molar-refractivity contribution is 9.09. The largest absolute Gasteiger partial charge is 0.319 e. The van der Waals surface area contributed by atoms with E-state index in [1.807, 2.05) is 25.1 Å². The highest BCUT2D eigenvalue weighted by atomic mass is 79.9. The minimum absolute atomic E-state index is 0.116. The molecule has 3 aromatic rings. The number of halogens is 1. The van der Waals surface area contributed by atoms with Crippen molar-refractivity contribution in [3.05, 3.63) is 46.4 Å². The Kier molecular flexibility index (Phi) is 2.29. The number of aromatic amines is 1. The van der Waals surface area contributed by atoms with Crippen molar-refractivity contribution in [2.75, 3.05) is 0 Å². The van der Waals surface area contributed by atoms with Gasteiger partial charge in [0.2, 0.25) is 0 Å². The summed E-state index contributed by atoms with van der Waals surface area (Å²) in [6, 6.07) is 7.68. The molecule has 0 saturated heterocycles. The molecule has 5 heteroatoms. The molecule has 0 aliphatic rings. The summed E-state index contributed by atoms with van der Waals surface area (Å²) >= 11 is 3.51. The highest BCUT2D eigenvalue weighted by Crippen LogP contribution is 2.24. The third kappa shape index (κ3) is 1.58. The molecule has 0 radical (unpaired) electrons. The van der Waals surface area contributed by atoms with E-state index in [0.29, 0.717) is 5.52 Å². The number of nitrogens with zero attached hydrogens (tertiary/aromatic N) is 2. The van der Waals surface area contributed by atoms with E-state index in [2.05, 4.69) is 26.0 Å². The summed E-state index contributed by atoms with van der Waals surface area (Å²) in [7, 11) is 0. The van der Waals surface area contributed by atoms with Gasteiger partial charge >= 0.3 is 0 Å². The maximum Gasteiger partial charge on any atom is 0.274 e. The molecule has 1 unspecified atom stereocenters. The highest BCUT2D eigenvalue weighted by Gasteiger charge is 2.07. The maximum absolute atomic E-state index is 11.8. The van der Waals surface area contributed by atoms with Crippen LogP contribution in [0.2, 0.25) is 0 Å². The van der Waals surface area contributed by atoms with E-state index in [9.17, 15) is 4.79 Å². The predicted molar refractivity (Wildman–Crippen MR) is 70.7 cm³/mol. The quantitative estimate of drug-likeness (QED) is 0.701. The molecule has 0 bridgehead atoms. The smallest absolute Gasteiger partial charge is 0.274 e. The van der Waals surface area contributed by atoms with E-state index < -0.39 is 0 Å². The Labute approximate surface area is 105 Å². The second-order valence-corrected chi connectivity index (χ2v) is 5.35. The van der Waals surface area contributed by atoms with Crippen molar-refractivity contribution in [1.82, 2.24) is 14.6 Å². The van der Waals surface area contributed by atoms with Crippen LogP contribution in [0, 0.1) is 0 Å². The van der Waals surface area contributed by atoms with Crippen LogP contribution in [0.5, 0.6) is 0 Å². The van der Waals surface area contributed by atoms with E-state index in [1.165, 1.54) is 0 Å². The van der Waals surface area contributed by atoms with E-state index in [-0.39, 0.29) is 10.4 Å². The lowest BCUT2D eigenvalue weighted by molar-refractivity contribution is 0.984. The zero-order valence-corrected chi connectivity index (χ0v) is 10.7. The van der Waals surface area contributed by atoms with Gasteiger partial charge in [-0.15, -0.1) is 0 Å². The zero-order chi connectivity index (χ0) is 12.0. The van der Waals surface area contributed by atoms with Crippen LogP contribution in [0.3, 0.4) is 0 Å². The van der Waals surface area contributed by atoms with Gasteiger partial charge in [-0.25, -0.2) is 4.52 Å². The minimum Gasteiger partial charge on any atom is -0.319 e. The normalized spacial score (nSPS) is 13.3. The molecule has 1 atom stereocenters. The first-order valence-electron chi connectivity index (χ1n) is 5.30. The van der Waals surface area contributed by atoms with Gasteiger partial charge in [-0.1, -0.05) is 22.0 Å². The summed E-state index contributed by atoms with van der Waals surface area (Å²) in [4.78, 5) is 14.9. The fourth-order valence-electron chi connectivity index (χ4n) is 1.94. The van der Waals surface area contributed by atoms with Crippen LogP contribution in [0.1, 0.15) is 17.3 Å². The van der Waals surface area contributed by atoms with Crippen molar-refractivity contribution in [1.29, 1.82) is 0 Å². The zero-order valence-electron chi connectivity index (χ0n) is 9.14. The number of hydrogen-bond acceptors (Lipinski definition) is 2. The van der Waals surface area contributed by atoms with Crippen LogP contribution in [-0.2, 0) is 0 Å². The Morgan fingerprint density at radius 2 is 2.18 bits per heavy atom. The Hall–Kier alpha value is -1.62. The van der Waals surface area contributed by atoms with Gasteiger partial charge in [0.1, 0.15) is 5.52 Å². The van der Waals surface area contributed by atoms with Gasteiger partial charge < -0.3 is 4.98 Å². The molecule has 4 nitrogen and oxygen atoms in total. The second kappa shape index (κ2) is 3.70. The fraction of sp³-hybridized carbons (Fsp3) is 0.167. The summed E-state index contributed by atoms with van der Waals surface area (Å²) in [5, 5.41) is 4.17. The average Bonchev–Trinajstić information content (AvgIpc) is 2.78. The summed E-state index contributed by atoms with van der Waals surface area (Å²) in [6.45, 7) is 2.05. The summed E-state index contributed by atoms with van der Waals surface area (Å²) < 4.78 is 1.66. The first kappa shape index (κ1) is 10.5. The molecule has 2 heterocycles. The molecule has 0 aliphatic heterocycles. The van der Waals surface area contributed by atoms with Gasteiger partial charge in [-0.05, 0) is 30.7 Å². The molecule has 0 aliphatic carbocycles. The van der Waals surface area contributed by atoms with Crippen molar-refractivity contribution in [3.8, 4) is 0 Å². The summed E-state index contributed by atoms with van der Waals surface area (Å²) in [6.07, 6.45) is 1.63. The van der Waals surface area contributed by atoms with E-state index >= 15 is 0 Å². The number of aromatic nitrogens is 3. The van der Waals surface area contributed by atoms with Crippen molar-refractivity contribution < 1.29 is 0 Å². The number of benzene rings is 1. The van der Waals surface area contributed by atoms with Gasteiger partial charge in [-0.3, -0.25) is 4.79 Å². The molecule has 1 N–H and O–H groups in total. The lowest BCUT2D eigenvalue weighted by atomic mass is 10.1. The van der Waals surface area contributed by atoms with Crippen molar-refractivity contribution in [2.24, 2.45) is 0 Å². The van der Waals surface area contributed by atoms with Crippen molar-refractivity contribution >= 4 is 32.5 Å². The molecule has 0 amide bonds. The molecule has 0 spiro atoms. The molecular formula is C12H10BrN3O. The Balaban J connectivity index is 2.46. The lowest BCUT2D eigenvalue weighted by Crippen LogP contribution is -2.10. The number of hydrogen-bond donors (Lipinski definition) is 1. The van der Waals surface area contributed by atoms with E-state index in [1.54, 1.807) is 16.8 Å². The molecule has 17 heavy (non-hydrogen) atoms. The Morgan fingerprint density at radius 1 is 1.35 bits per heavy atom. The monoisotopic (exact) mass is 291 g/mol. The van der Waals surface area contributed by atoms with Gasteiger partial charge in [-0.2, -0.15) is 5.10 Å². The van der Waals surface area contributed by atoms with Crippen LogP contribution in [0.4, 0.5) is 0 Å². The van der Waals surface area contributed by atoms with Crippen molar-refractivity contribution in [3.63, 3.8) is 0 Å². The predicted octanol–water partition coefficient (Wildman–Crippen LogP) is 2.63. The Bertz CT molecular complexity index is 757. The van der Waals surface area contributed by atoms with Gasteiger partial charge in [0, 0.05) is 4.83 Å². The maximum atomic E-state index is 11.8. The fourth-order valence-corrected chi connectivity index (χ4v) is 2.22. The Morgan fingerprint density at radius 3 is 2.94 bits per heavy atom. The van der Waals surface area contributed by atoms with Crippen LogP contribution < -0.4 is 5.56 Å². The lowest BCUT2D eigenvalue weighted by Gasteiger charge is -2.06. The van der Waals surface area contributed by atoms with Crippen molar-refractivity contribution in [2.45, 2.75) is 11.8 Å². The summed E-state index contributed by atoms with van der Waals surface area (Å²) in [5.41, 5.74) is 3.28. The van der Waals surface area contributed by atoms with Gasteiger partial charge in [0.25, 0.3) is 5.56 Å². The van der Waals surface area contributed by atoms with Crippen LogP contribution >= 0.6 is 15.9 Å². The van der Waals surface area contributed by atoms with E-state index in [4.69, 9.17) is 0 Å². The number of alkyl halides is 1. The van der Waals surface area contributed by atoms with Gasteiger partial charge in [0.15, 0.2) is 0 Å². The molecular weight excluding hydrogens is 282 g/mol. The minimum atomic E-state index is -0.116. The SMILES string of the molecule is CC(Br)c1ccc2c(c1)[nH]c(=O)c1ccnn12. The first-order valence-corrected chi connectivity index (χ1v) is 6.22. The van der Waals surface area contributed by atoms with Crippen LogP contribution in [0.25, 0.3) is 16.6 Å². The molecule has 86 valence electrons. The topological polar surface area (TPSA) is 50.2 Å². The summed E-state index contributed by atoms with van der Waals surface area (Å²) in [5.74, 6) is 0. The molecule has 2 aromatic heterocycles. The molecule has 0 fully saturated rings. The average molecular weight is 292 g/mol. The molecule has 0 saturated carbocycles. The van der Waals surface area contributed by atoms with Crippen LogP contribution in [-0.4, -0.2) is 14.6 Å². The number of H-pyrrole nitrogens is 1. The second-order valence-electron chi connectivity index (χ2n) is 3.97. The standard InChI is InChI=1S/C12H10BrN3O/c1-7(13)8-2-3-10-9(6-8)15-12(17)11-4-5-14-16(10)11/h2-7H,1H3,(H,15,17). The van der Waals surface area contributed by atoms with Gasteiger partial charge in [0.05, 0.1) is 17.2 Å². The van der Waals surface area contributed by atoms with Crippen LogP contribution in [0.15, 0.2) is 35.3 Å².